The summed E-state index contributed by atoms with van der Waals surface area (Å²) >= 11 is 0. The van der Waals surface area contributed by atoms with Crippen LogP contribution < -0.4 is 5.73 Å². The van der Waals surface area contributed by atoms with Gasteiger partial charge < -0.3 is 5.73 Å². The summed E-state index contributed by atoms with van der Waals surface area (Å²) < 4.78 is 0. The van der Waals surface area contributed by atoms with Crippen LogP contribution in [0.2, 0.25) is 0 Å². The number of amides is 2. The highest BCUT2D eigenvalue weighted by Crippen LogP contribution is 2.30. The smallest absolute Gasteiger partial charge is 0.264 e. The molecule has 0 spiro atoms. The molecule has 1 heterocycles. The third-order valence-electron chi connectivity index (χ3n) is 3.64. The number of nitrogens with two attached hydrogens (primary N) is 1. The summed E-state index contributed by atoms with van der Waals surface area (Å²) in [6, 6.07) is 0.134. The SMILES string of the molecule is NC1CCC(C(=O)C2CC(=O)N(O)C2=O)CC1. The summed E-state index contributed by atoms with van der Waals surface area (Å²) in [6.45, 7) is 0. The van der Waals surface area contributed by atoms with Crippen LogP contribution in [0.1, 0.15) is 32.1 Å². The Labute approximate surface area is 98.7 Å². The zero-order chi connectivity index (χ0) is 12.6. The first kappa shape index (κ1) is 12.2. The summed E-state index contributed by atoms with van der Waals surface area (Å²) in [7, 11) is 0. The van der Waals surface area contributed by atoms with Crippen LogP contribution in [0.3, 0.4) is 0 Å². The zero-order valence-electron chi connectivity index (χ0n) is 9.46. The average Bonchev–Trinajstić information content (AvgIpc) is 2.57. The van der Waals surface area contributed by atoms with Crippen molar-refractivity contribution in [2.45, 2.75) is 38.1 Å². The number of hydrogen-bond acceptors (Lipinski definition) is 5. The van der Waals surface area contributed by atoms with Gasteiger partial charge in [-0.25, -0.2) is 0 Å². The standard InChI is InChI=1S/C11H16N2O4/c12-7-3-1-6(2-4-7)10(15)8-5-9(14)13(17)11(8)16/h6-8,17H,1-5,12H2. The molecule has 2 fully saturated rings. The van der Waals surface area contributed by atoms with Crippen molar-refractivity contribution in [3.8, 4) is 0 Å². The van der Waals surface area contributed by atoms with Gasteiger partial charge in [0.15, 0.2) is 0 Å². The molecule has 0 aromatic rings. The fourth-order valence-corrected chi connectivity index (χ4v) is 2.53. The van der Waals surface area contributed by atoms with Crippen LogP contribution in [-0.4, -0.2) is 33.9 Å². The normalized spacial score (nSPS) is 34.2. The molecule has 6 nitrogen and oxygen atoms in total. The number of nitrogens with zero attached hydrogens (tertiary/aromatic N) is 1. The molecule has 0 aromatic heterocycles. The Morgan fingerprint density at radius 3 is 2.29 bits per heavy atom. The van der Waals surface area contributed by atoms with E-state index in [0.29, 0.717) is 12.8 Å². The van der Waals surface area contributed by atoms with Crippen LogP contribution in [0.5, 0.6) is 0 Å². The average molecular weight is 240 g/mol. The minimum absolute atomic E-state index is 0.0666. The number of hydroxylamine groups is 2. The quantitative estimate of drug-likeness (QED) is 0.396. The largest absolute Gasteiger partial charge is 0.328 e. The second-order valence-corrected chi connectivity index (χ2v) is 4.81. The van der Waals surface area contributed by atoms with Crippen molar-refractivity contribution in [2.75, 3.05) is 0 Å². The van der Waals surface area contributed by atoms with Gasteiger partial charge in [-0.1, -0.05) is 0 Å². The van der Waals surface area contributed by atoms with E-state index in [1.807, 2.05) is 0 Å². The molecule has 1 atom stereocenters. The number of Topliss-reactive ketones (excluding diaryl/α,β-unsaturated/α-hetero) is 1. The number of imide groups is 1. The lowest BCUT2D eigenvalue weighted by molar-refractivity contribution is -0.172. The van der Waals surface area contributed by atoms with Crippen molar-refractivity contribution < 1.29 is 19.6 Å². The molecule has 0 bridgehead atoms. The van der Waals surface area contributed by atoms with Gasteiger partial charge >= 0.3 is 0 Å². The number of carbonyl (C=O) groups is 3. The molecule has 2 aliphatic rings. The Morgan fingerprint density at radius 1 is 1.24 bits per heavy atom. The summed E-state index contributed by atoms with van der Waals surface area (Å²) in [5, 5.41) is 9.15. The van der Waals surface area contributed by atoms with Gasteiger partial charge in [-0.05, 0) is 25.7 Å². The monoisotopic (exact) mass is 240 g/mol. The summed E-state index contributed by atoms with van der Waals surface area (Å²) in [6.07, 6.45) is 2.69. The maximum atomic E-state index is 12.1. The van der Waals surface area contributed by atoms with E-state index in [4.69, 9.17) is 10.9 Å². The Balaban J connectivity index is 2.01. The van der Waals surface area contributed by atoms with E-state index in [9.17, 15) is 14.4 Å². The highest BCUT2D eigenvalue weighted by Gasteiger charge is 2.44. The fraction of sp³-hybridized carbons (Fsp3) is 0.727. The van der Waals surface area contributed by atoms with E-state index in [-0.39, 0.29) is 29.2 Å². The second kappa shape index (κ2) is 4.54. The minimum Gasteiger partial charge on any atom is -0.328 e. The minimum atomic E-state index is -0.980. The van der Waals surface area contributed by atoms with Crippen molar-refractivity contribution in [1.29, 1.82) is 0 Å². The molecule has 1 unspecified atom stereocenters. The molecule has 0 radical (unpaired) electrons. The van der Waals surface area contributed by atoms with E-state index in [0.717, 1.165) is 12.8 Å². The second-order valence-electron chi connectivity index (χ2n) is 4.81. The Kier molecular flexibility index (Phi) is 3.26. The molecule has 17 heavy (non-hydrogen) atoms. The van der Waals surface area contributed by atoms with Gasteiger partial charge in [0.2, 0.25) is 0 Å². The summed E-state index contributed by atoms with van der Waals surface area (Å²) in [5.74, 6) is -2.86. The Morgan fingerprint density at radius 2 is 1.82 bits per heavy atom. The molecular formula is C11H16N2O4. The molecule has 1 aliphatic carbocycles. The van der Waals surface area contributed by atoms with E-state index in [1.54, 1.807) is 0 Å². The lowest BCUT2D eigenvalue weighted by Gasteiger charge is -2.26. The van der Waals surface area contributed by atoms with Crippen molar-refractivity contribution in [1.82, 2.24) is 5.06 Å². The first-order valence-electron chi connectivity index (χ1n) is 5.85. The predicted octanol–water partition coefficient (Wildman–Crippen LogP) is -0.163. The molecule has 0 aromatic carbocycles. The van der Waals surface area contributed by atoms with Crippen LogP contribution >= 0.6 is 0 Å². The number of ketones is 1. The van der Waals surface area contributed by atoms with Crippen molar-refractivity contribution in [3.63, 3.8) is 0 Å². The molecule has 2 rings (SSSR count). The van der Waals surface area contributed by atoms with E-state index in [2.05, 4.69) is 0 Å². The van der Waals surface area contributed by atoms with Crippen LogP contribution in [0.25, 0.3) is 0 Å². The molecule has 1 saturated carbocycles. The van der Waals surface area contributed by atoms with Gasteiger partial charge in [0.05, 0.1) is 0 Å². The van der Waals surface area contributed by atoms with Gasteiger partial charge in [-0.15, -0.1) is 0 Å². The van der Waals surface area contributed by atoms with Gasteiger partial charge in [0.25, 0.3) is 11.8 Å². The van der Waals surface area contributed by atoms with Gasteiger partial charge in [0, 0.05) is 18.4 Å². The number of hydrogen-bond donors (Lipinski definition) is 2. The summed E-state index contributed by atoms with van der Waals surface area (Å²) in [4.78, 5) is 34.6. The lowest BCUT2D eigenvalue weighted by Crippen LogP contribution is -2.35. The number of carbonyl (C=O) groups excluding carboxylic acids is 3. The van der Waals surface area contributed by atoms with Crippen molar-refractivity contribution >= 4 is 17.6 Å². The third kappa shape index (κ3) is 2.23. The fourth-order valence-electron chi connectivity index (χ4n) is 2.53. The molecule has 3 N–H and O–H groups in total. The molecule has 1 aliphatic heterocycles. The predicted molar refractivity (Wildman–Crippen MR) is 56.7 cm³/mol. The molecule has 2 amide bonds. The van der Waals surface area contributed by atoms with Gasteiger partial charge in [-0.3, -0.25) is 19.6 Å². The van der Waals surface area contributed by atoms with Crippen LogP contribution in [-0.2, 0) is 14.4 Å². The van der Waals surface area contributed by atoms with Gasteiger partial charge in [-0.2, -0.15) is 5.06 Å². The van der Waals surface area contributed by atoms with Crippen molar-refractivity contribution in [3.05, 3.63) is 0 Å². The first-order chi connectivity index (χ1) is 8.00. The lowest BCUT2D eigenvalue weighted by atomic mass is 9.79. The zero-order valence-corrected chi connectivity index (χ0v) is 9.46. The van der Waals surface area contributed by atoms with Crippen LogP contribution in [0, 0.1) is 11.8 Å². The van der Waals surface area contributed by atoms with Crippen molar-refractivity contribution in [2.24, 2.45) is 17.6 Å². The van der Waals surface area contributed by atoms with Gasteiger partial charge in [0.1, 0.15) is 11.7 Å². The van der Waals surface area contributed by atoms with E-state index < -0.39 is 17.7 Å². The number of rotatable bonds is 2. The first-order valence-corrected chi connectivity index (χ1v) is 5.85. The highest BCUT2D eigenvalue weighted by molar-refractivity contribution is 6.13. The van der Waals surface area contributed by atoms with Crippen LogP contribution in [0.15, 0.2) is 0 Å². The topological polar surface area (TPSA) is 101 Å². The van der Waals surface area contributed by atoms with Crippen LogP contribution in [0.4, 0.5) is 0 Å². The Bertz CT molecular complexity index is 360. The molecule has 94 valence electrons. The highest BCUT2D eigenvalue weighted by atomic mass is 16.5. The third-order valence-corrected chi connectivity index (χ3v) is 3.64. The molecular weight excluding hydrogens is 224 g/mol. The molecule has 1 saturated heterocycles. The van der Waals surface area contributed by atoms with E-state index >= 15 is 0 Å². The maximum Gasteiger partial charge on any atom is 0.264 e. The Hall–Kier alpha value is -1.27. The molecule has 6 heteroatoms. The summed E-state index contributed by atoms with van der Waals surface area (Å²) in [5.41, 5.74) is 5.74. The maximum absolute atomic E-state index is 12.1. The van der Waals surface area contributed by atoms with E-state index in [1.165, 1.54) is 0 Å².